The van der Waals surface area contributed by atoms with Crippen LogP contribution in [0.1, 0.15) is 5.69 Å². The molecule has 0 aliphatic rings. The first-order valence-corrected chi connectivity index (χ1v) is 6.11. The van der Waals surface area contributed by atoms with Gasteiger partial charge in [0.1, 0.15) is 5.75 Å². The Balaban J connectivity index is 2.51. The maximum Gasteiger partial charge on any atom is 0.121 e. The van der Waals surface area contributed by atoms with Gasteiger partial charge in [0.15, 0.2) is 0 Å². The van der Waals surface area contributed by atoms with E-state index in [4.69, 9.17) is 4.74 Å². The molecule has 2 heterocycles. The van der Waals surface area contributed by atoms with Crippen molar-refractivity contribution in [3.05, 3.63) is 34.6 Å². The molecule has 1 N–H and O–H groups in total. The van der Waals surface area contributed by atoms with E-state index in [1.165, 1.54) is 5.39 Å². The molecule has 17 heavy (non-hydrogen) atoms. The maximum atomic E-state index is 5.23. The van der Waals surface area contributed by atoms with Gasteiger partial charge in [-0.3, -0.25) is 4.98 Å². The van der Waals surface area contributed by atoms with Crippen LogP contribution in [0.25, 0.3) is 21.8 Å². The van der Waals surface area contributed by atoms with E-state index in [0.29, 0.717) is 0 Å². The summed E-state index contributed by atoms with van der Waals surface area (Å²) in [5.41, 5.74) is 3.02. The lowest BCUT2D eigenvalue weighted by Gasteiger charge is -2.05. The van der Waals surface area contributed by atoms with Crippen molar-refractivity contribution in [1.82, 2.24) is 9.97 Å². The van der Waals surface area contributed by atoms with Crippen LogP contribution in [-0.4, -0.2) is 17.1 Å². The van der Waals surface area contributed by atoms with Crippen LogP contribution in [0.4, 0.5) is 0 Å². The van der Waals surface area contributed by atoms with Gasteiger partial charge in [-0.2, -0.15) is 0 Å². The van der Waals surface area contributed by atoms with E-state index in [-0.39, 0.29) is 0 Å². The minimum Gasteiger partial charge on any atom is -0.497 e. The van der Waals surface area contributed by atoms with Crippen LogP contribution in [0, 0.1) is 6.92 Å². The number of aryl methyl sites for hydroxylation is 1. The zero-order valence-corrected chi connectivity index (χ0v) is 11.1. The number of fused-ring (bicyclic) bond motifs is 3. The number of halogens is 1. The third-order valence-electron chi connectivity index (χ3n) is 2.96. The zero-order valence-electron chi connectivity index (χ0n) is 9.54. The topological polar surface area (TPSA) is 37.9 Å². The number of ether oxygens (including phenoxy) is 1. The Morgan fingerprint density at radius 1 is 1.35 bits per heavy atom. The summed E-state index contributed by atoms with van der Waals surface area (Å²) in [5, 5.41) is 2.30. The lowest BCUT2D eigenvalue weighted by atomic mass is 10.1. The number of pyridine rings is 1. The Morgan fingerprint density at radius 3 is 2.94 bits per heavy atom. The standard InChI is InChI=1S/C13H11BrN2O/c1-7-13-12(10(14)6-15-13)9-4-3-8(17-2)5-11(9)16-7/h3-6,15H,1-2H3. The van der Waals surface area contributed by atoms with Gasteiger partial charge in [-0.15, -0.1) is 0 Å². The highest BCUT2D eigenvalue weighted by Crippen LogP contribution is 2.33. The van der Waals surface area contributed by atoms with Gasteiger partial charge >= 0.3 is 0 Å². The number of hydrogen-bond acceptors (Lipinski definition) is 2. The lowest BCUT2D eigenvalue weighted by molar-refractivity contribution is 0.415. The number of rotatable bonds is 1. The van der Waals surface area contributed by atoms with Crippen LogP contribution < -0.4 is 4.74 Å². The van der Waals surface area contributed by atoms with Crippen LogP contribution in [0.5, 0.6) is 5.75 Å². The molecule has 3 nitrogen and oxygen atoms in total. The molecule has 2 aromatic heterocycles. The number of H-pyrrole nitrogens is 1. The molecule has 3 aromatic rings. The van der Waals surface area contributed by atoms with E-state index in [0.717, 1.165) is 32.3 Å². The smallest absolute Gasteiger partial charge is 0.121 e. The average Bonchev–Trinajstić information content (AvgIpc) is 2.72. The van der Waals surface area contributed by atoms with Crippen molar-refractivity contribution >= 4 is 37.7 Å². The number of nitrogens with zero attached hydrogens (tertiary/aromatic N) is 1. The van der Waals surface area contributed by atoms with Crippen molar-refractivity contribution in [2.24, 2.45) is 0 Å². The molecule has 0 radical (unpaired) electrons. The average molecular weight is 291 g/mol. The van der Waals surface area contributed by atoms with Crippen LogP contribution in [0.3, 0.4) is 0 Å². The predicted octanol–water partition coefficient (Wildman–Crippen LogP) is 3.80. The summed E-state index contributed by atoms with van der Waals surface area (Å²) in [5.74, 6) is 0.829. The summed E-state index contributed by atoms with van der Waals surface area (Å²) < 4.78 is 6.29. The first kappa shape index (κ1) is 10.6. The highest BCUT2D eigenvalue weighted by molar-refractivity contribution is 9.10. The molecular formula is C13H11BrN2O. The SMILES string of the molecule is COc1ccc2c(c1)nc(C)c1[nH]cc(Br)c12. The number of methoxy groups -OCH3 is 1. The van der Waals surface area contributed by atoms with E-state index in [2.05, 4.69) is 25.9 Å². The van der Waals surface area contributed by atoms with E-state index < -0.39 is 0 Å². The molecular weight excluding hydrogens is 280 g/mol. The van der Waals surface area contributed by atoms with E-state index in [9.17, 15) is 0 Å². The fourth-order valence-electron chi connectivity index (χ4n) is 2.13. The minimum atomic E-state index is 0.829. The van der Waals surface area contributed by atoms with Crippen molar-refractivity contribution in [2.75, 3.05) is 7.11 Å². The molecule has 0 saturated heterocycles. The van der Waals surface area contributed by atoms with Gasteiger partial charge in [-0.05, 0) is 35.0 Å². The first-order valence-electron chi connectivity index (χ1n) is 5.31. The molecule has 86 valence electrons. The molecule has 0 amide bonds. The summed E-state index contributed by atoms with van der Waals surface area (Å²) in [7, 11) is 1.67. The highest BCUT2D eigenvalue weighted by atomic mass is 79.9. The van der Waals surface area contributed by atoms with E-state index in [1.54, 1.807) is 7.11 Å². The molecule has 0 unspecified atom stereocenters. The third-order valence-corrected chi connectivity index (χ3v) is 3.58. The molecule has 1 aromatic carbocycles. The quantitative estimate of drug-likeness (QED) is 0.740. The lowest BCUT2D eigenvalue weighted by Crippen LogP contribution is -1.88. The number of aromatic nitrogens is 2. The highest BCUT2D eigenvalue weighted by Gasteiger charge is 2.10. The van der Waals surface area contributed by atoms with Crippen molar-refractivity contribution in [3.8, 4) is 5.75 Å². The summed E-state index contributed by atoms with van der Waals surface area (Å²) in [6.07, 6.45) is 1.95. The number of benzene rings is 1. The molecule has 0 aliphatic heterocycles. The van der Waals surface area contributed by atoms with Gasteiger partial charge in [-0.25, -0.2) is 0 Å². The predicted molar refractivity (Wildman–Crippen MR) is 72.6 cm³/mol. The van der Waals surface area contributed by atoms with Crippen molar-refractivity contribution in [1.29, 1.82) is 0 Å². The summed E-state index contributed by atoms with van der Waals surface area (Å²) in [4.78, 5) is 7.83. The van der Waals surface area contributed by atoms with Crippen LogP contribution in [0.2, 0.25) is 0 Å². The fraction of sp³-hybridized carbons (Fsp3) is 0.154. The minimum absolute atomic E-state index is 0.829. The second-order valence-electron chi connectivity index (χ2n) is 3.97. The van der Waals surface area contributed by atoms with Crippen LogP contribution >= 0.6 is 15.9 Å². The summed E-state index contributed by atoms with van der Waals surface area (Å²) in [6.45, 7) is 2.00. The van der Waals surface area contributed by atoms with Gasteiger partial charge in [0.25, 0.3) is 0 Å². The third kappa shape index (κ3) is 1.52. The van der Waals surface area contributed by atoms with Crippen molar-refractivity contribution in [3.63, 3.8) is 0 Å². The Labute approximate surface area is 107 Å². The van der Waals surface area contributed by atoms with E-state index >= 15 is 0 Å². The number of nitrogens with one attached hydrogen (secondary N) is 1. The normalized spacial score (nSPS) is 11.2. The molecule has 0 bridgehead atoms. The van der Waals surface area contributed by atoms with Gasteiger partial charge in [0.2, 0.25) is 0 Å². The summed E-state index contributed by atoms with van der Waals surface area (Å²) in [6, 6.07) is 5.96. The number of hydrogen-bond donors (Lipinski definition) is 1. The Hall–Kier alpha value is -1.55. The molecule has 0 atom stereocenters. The molecule has 0 fully saturated rings. The fourth-order valence-corrected chi connectivity index (χ4v) is 2.65. The number of aromatic amines is 1. The molecule has 4 heteroatoms. The largest absolute Gasteiger partial charge is 0.497 e. The monoisotopic (exact) mass is 290 g/mol. The zero-order chi connectivity index (χ0) is 12.0. The second-order valence-corrected chi connectivity index (χ2v) is 4.82. The second kappa shape index (κ2) is 3.74. The molecule has 0 spiro atoms. The molecule has 3 rings (SSSR count). The maximum absolute atomic E-state index is 5.23. The summed E-state index contributed by atoms with van der Waals surface area (Å²) >= 11 is 3.57. The van der Waals surface area contributed by atoms with Gasteiger partial charge in [-0.1, -0.05) is 0 Å². The molecule has 0 saturated carbocycles. The van der Waals surface area contributed by atoms with Crippen LogP contribution in [-0.2, 0) is 0 Å². The van der Waals surface area contributed by atoms with Gasteiger partial charge in [0, 0.05) is 27.5 Å². The Bertz CT molecular complexity index is 718. The van der Waals surface area contributed by atoms with Crippen molar-refractivity contribution in [2.45, 2.75) is 6.92 Å². The van der Waals surface area contributed by atoms with Gasteiger partial charge < -0.3 is 9.72 Å². The molecule has 0 aliphatic carbocycles. The van der Waals surface area contributed by atoms with Gasteiger partial charge in [0.05, 0.1) is 23.8 Å². The van der Waals surface area contributed by atoms with Crippen molar-refractivity contribution < 1.29 is 4.74 Å². The first-order chi connectivity index (χ1) is 8.20. The van der Waals surface area contributed by atoms with E-state index in [1.807, 2.05) is 31.3 Å². The van der Waals surface area contributed by atoms with Crippen LogP contribution in [0.15, 0.2) is 28.9 Å². The Morgan fingerprint density at radius 2 is 2.18 bits per heavy atom. The Kier molecular flexibility index (Phi) is 2.33.